The van der Waals surface area contributed by atoms with Crippen LogP contribution in [0.1, 0.15) is 11.1 Å². The zero-order valence-electron chi connectivity index (χ0n) is 14.6. The summed E-state index contributed by atoms with van der Waals surface area (Å²) in [6, 6.07) is 6.77. The van der Waals surface area contributed by atoms with Gasteiger partial charge in [0.05, 0.1) is 18.2 Å². The summed E-state index contributed by atoms with van der Waals surface area (Å²) in [6.07, 6.45) is 1.48. The van der Waals surface area contributed by atoms with E-state index in [1.807, 2.05) is 24.3 Å². The Kier molecular flexibility index (Phi) is 6.17. The van der Waals surface area contributed by atoms with Gasteiger partial charge in [-0.25, -0.2) is 9.78 Å². The number of benzene rings is 1. The number of halogens is 1. The summed E-state index contributed by atoms with van der Waals surface area (Å²) in [4.78, 5) is 37.5. The van der Waals surface area contributed by atoms with Crippen molar-refractivity contribution in [3.8, 4) is 5.88 Å². The Balaban J connectivity index is 1.62. The molecule has 0 aliphatic rings. The number of nitrogen functional groups attached to an aromatic ring is 1. The topological polar surface area (TPSA) is 151 Å². The van der Waals surface area contributed by atoms with Gasteiger partial charge in [-0.05, 0) is 11.1 Å². The molecule has 11 nitrogen and oxygen atoms in total. The molecule has 1 aromatic carbocycles. The van der Waals surface area contributed by atoms with Crippen LogP contribution in [0.2, 0.25) is 0 Å². The van der Waals surface area contributed by atoms with E-state index in [1.54, 1.807) is 0 Å². The number of anilines is 1. The lowest BCUT2D eigenvalue weighted by Gasteiger charge is -2.13. The number of nitrogens with two attached hydrogens (primary N) is 1. The summed E-state index contributed by atoms with van der Waals surface area (Å²) >= 11 is 5.52. The first-order valence-electron chi connectivity index (χ1n) is 8.22. The zero-order valence-corrected chi connectivity index (χ0v) is 15.4. The average Bonchev–Trinajstić information content (AvgIpc) is 3.17. The molecule has 12 heteroatoms. The number of hydrogen-bond acceptors (Lipinski definition) is 8. The lowest BCUT2D eigenvalue weighted by molar-refractivity contribution is 0.202. The van der Waals surface area contributed by atoms with Crippen LogP contribution >= 0.6 is 11.6 Å². The number of amides is 2. The normalized spacial score (nSPS) is 10.6. The Morgan fingerprint density at radius 2 is 2.18 bits per heavy atom. The first-order valence-corrected chi connectivity index (χ1v) is 8.76. The van der Waals surface area contributed by atoms with Gasteiger partial charge in [0.2, 0.25) is 11.8 Å². The summed E-state index contributed by atoms with van der Waals surface area (Å²) in [5.74, 6) is 0.479. The molecule has 0 aliphatic carbocycles. The average molecular weight is 405 g/mol. The SMILES string of the molecule is Nc1nc(OCc2cccc(CNC(=O)N(CCCl)N=O)c2)c2[nH]cnc2n1. The fourth-order valence-corrected chi connectivity index (χ4v) is 2.60. The predicted molar refractivity (Wildman–Crippen MR) is 102 cm³/mol. The Morgan fingerprint density at radius 1 is 1.36 bits per heavy atom. The first-order chi connectivity index (χ1) is 13.6. The van der Waals surface area contributed by atoms with Gasteiger partial charge in [-0.15, -0.1) is 16.5 Å². The number of nitrogens with one attached hydrogen (secondary N) is 2. The quantitative estimate of drug-likeness (QED) is 0.294. The number of nitroso groups, excluding NO2 is 1. The number of aromatic nitrogens is 4. The number of urea groups is 1. The number of H-pyrrole nitrogens is 1. The van der Waals surface area contributed by atoms with Crippen LogP contribution in [0, 0.1) is 4.91 Å². The number of rotatable bonds is 8. The number of alkyl halides is 1. The third-order valence-corrected chi connectivity index (χ3v) is 3.88. The number of fused-ring (bicyclic) bond motifs is 1. The minimum absolute atomic E-state index is 0.0366. The molecule has 3 rings (SSSR count). The van der Waals surface area contributed by atoms with Crippen molar-refractivity contribution in [1.29, 1.82) is 0 Å². The molecule has 0 spiro atoms. The summed E-state index contributed by atoms with van der Waals surface area (Å²) in [5, 5.41) is 5.97. The van der Waals surface area contributed by atoms with E-state index in [9.17, 15) is 9.70 Å². The van der Waals surface area contributed by atoms with Gasteiger partial charge in [-0.3, -0.25) is 0 Å². The van der Waals surface area contributed by atoms with Crippen molar-refractivity contribution in [3.63, 3.8) is 0 Å². The summed E-state index contributed by atoms with van der Waals surface area (Å²) < 4.78 is 5.74. The highest BCUT2D eigenvalue weighted by atomic mass is 35.5. The van der Waals surface area contributed by atoms with Crippen molar-refractivity contribution in [1.82, 2.24) is 30.3 Å². The number of ether oxygens (including phenoxy) is 1. The number of hydrogen-bond donors (Lipinski definition) is 3. The van der Waals surface area contributed by atoms with Crippen molar-refractivity contribution in [2.75, 3.05) is 18.2 Å². The van der Waals surface area contributed by atoms with Crippen LogP contribution in [0.3, 0.4) is 0 Å². The Morgan fingerprint density at radius 3 is 2.96 bits per heavy atom. The second kappa shape index (κ2) is 8.95. The maximum absolute atomic E-state index is 11.9. The van der Waals surface area contributed by atoms with Crippen molar-refractivity contribution in [2.45, 2.75) is 13.2 Å². The minimum atomic E-state index is -0.615. The van der Waals surface area contributed by atoms with E-state index in [1.165, 1.54) is 6.33 Å². The molecular weight excluding hydrogens is 388 g/mol. The Labute approximate surface area is 164 Å². The van der Waals surface area contributed by atoms with Crippen molar-refractivity contribution < 1.29 is 9.53 Å². The van der Waals surface area contributed by atoms with Gasteiger partial charge in [0.1, 0.15) is 12.1 Å². The minimum Gasteiger partial charge on any atom is -0.471 e. The number of aromatic amines is 1. The molecule has 0 fully saturated rings. The number of imidazole rings is 1. The molecule has 0 radical (unpaired) electrons. The maximum atomic E-state index is 11.9. The van der Waals surface area contributed by atoms with Gasteiger partial charge < -0.3 is 20.8 Å². The molecule has 0 atom stereocenters. The largest absolute Gasteiger partial charge is 0.471 e. The van der Waals surface area contributed by atoms with Gasteiger partial charge in [0.25, 0.3) is 0 Å². The maximum Gasteiger partial charge on any atom is 0.340 e. The number of carbonyl (C=O) groups excluding carboxylic acids is 1. The Bertz CT molecular complexity index is 979. The molecule has 28 heavy (non-hydrogen) atoms. The van der Waals surface area contributed by atoms with Crippen LogP contribution in [-0.2, 0) is 13.2 Å². The van der Waals surface area contributed by atoms with E-state index in [0.717, 1.165) is 16.1 Å². The van der Waals surface area contributed by atoms with E-state index in [0.29, 0.717) is 17.0 Å². The summed E-state index contributed by atoms with van der Waals surface area (Å²) in [7, 11) is 0. The molecule has 146 valence electrons. The number of carbonyl (C=O) groups is 1. The first kappa shape index (κ1) is 19.3. The van der Waals surface area contributed by atoms with Crippen molar-refractivity contribution in [3.05, 3.63) is 46.6 Å². The molecule has 0 saturated heterocycles. The molecular formula is C16H17ClN8O3. The van der Waals surface area contributed by atoms with Crippen LogP contribution in [0.25, 0.3) is 11.2 Å². The summed E-state index contributed by atoms with van der Waals surface area (Å²) in [5.41, 5.74) is 8.31. The predicted octanol–water partition coefficient (Wildman–Crippen LogP) is 1.95. The third kappa shape index (κ3) is 4.62. The molecule has 2 aromatic heterocycles. The molecule has 2 amide bonds. The number of nitrogens with zero attached hydrogens (tertiary/aromatic N) is 5. The fourth-order valence-electron chi connectivity index (χ4n) is 2.44. The van der Waals surface area contributed by atoms with Crippen LogP contribution in [0.4, 0.5) is 10.7 Å². The van der Waals surface area contributed by atoms with Crippen LogP contribution < -0.4 is 15.8 Å². The molecule has 0 aliphatic heterocycles. The van der Waals surface area contributed by atoms with Crippen LogP contribution in [-0.4, -0.2) is 43.4 Å². The van der Waals surface area contributed by atoms with E-state index in [4.69, 9.17) is 22.1 Å². The van der Waals surface area contributed by atoms with Crippen molar-refractivity contribution >= 4 is 34.7 Å². The van der Waals surface area contributed by atoms with Gasteiger partial charge >= 0.3 is 6.03 Å². The fraction of sp³-hybridized carbons (Fsp3) is 0.250. The molecule has 0 saturated carbocycles. The smallest absolute Gasteiger partial charge is 0.340 e. The summed E-state index contributed by atoms with van der Waals surface area (Å²) in [6.45, 7) is 0.474. The molecule has 0 bridgehead atoms. The second-order valence-electron chi connectivity index (χ2n) is 5.65. The van der Waals surface area contributed by atoms with Gasteiger partial charge in [0.15, 0.2) is 5.65 Å². The van der Waals surface area contributed by atoms with Gasteiger partial charge in [-0.2, -0.15) is 15.0 Å². The molecule has 0 unspecified atom stereocenters. The van der Waals surface area contributed by atoms with Crippen molar-refractivity contribution in [2.24, 2.45) is 5.29 Å². The monoisotopic (exact) mass is 404 g/mol. The highest BCUT2D eigenvalue weighted by Gasteiger charge is 2.13. The third-order valence-electron chi connectivity index (χ3n) is 3.71. The van der Waals surface area contributed by atoms with E-state index in [2.05, 4.69) is 30.5 Å². The highest BCUT2D eigenvalue weighted by molar-refractivity contribution is 6.18. The molecule has 4 N–H and O–H groups in total. The Hall–Kier alpha value is -3.47. The van der Waals surface area contributed by atoms with E-state index >= 15 is 0 Å². The lowest BCUT2D eigenvalue weighted by atomic mass is 10.1. The lowest BCUT2D eigenvalue weighted by Crippen LogP contribution is -2.36. The van der Waals surface area contributed by atoms with Gasteiger partial charge in [0, 0.05) is 12.4 Å². The zero-order chi connectivity index (χ0) is 19.9. The molecule has 3 aromatic rings. The van der Waals surface area contributed by atoms with Crippen LogP contribution in [0.15, 0.2) is 35.9 Å². The molecule has 2 heterocycles. The van der Waals surface area contributed by atoms with Crippen LogP contribution in [0.5, 0.6) is 5.88 Å². The second-order valence-corrected chi connectivity index (χ2v) is 6.03. The van der Waals surface area contributed by atoms with E-state index < -0.39 is 6.03 Å². The van der Waals surface area contributed by atoms with E-state index in [-0.39, 0.29) is 31.5 Å². The standard InChI is InChI=1S/C16H17ClN8O3/c17-4-5-25(24-27)16(26)19-7-10-2-1-3-11(6-10)8-28-14-12-13(21-9-20-12)22-15(18)23-14/h1-3,6,9H,4-5,7-8H2,(H,19,26)(H3,18,20,21,22,23). The van der Waals surface area contributed by atoms with Gasteiger partial charge in [-0.1, -0.05) is 24.3 Å². The highest BCUT2D eigenvalue weighted by Crippen LogP contribution is 2.21.